The molecule has 3 nitrogen and oxygen atoms in total. The third-order valence-electron chi connectivity index (χ3n) is 4.05. The van der Waals surface area contributed by atoms with Crippen molar-refractivity contribution in [3.8, 4) is 0 Å². The standard InChI is InChI=1S/C15H23N3/c1-2-3-15-17-10-12-8-11(4-7-14(12)18-15)9-16-13-5-6-13/h10-11,13,16H,2-9H2,1H3. The summed E-state index contributed by atoms with van der Waals surface area (Å²) < 4.78 is 0. The Labute approximate surface area is 109 Å². The summed E-state index contributed by atoms with van der Waals surface area (Å²) in [6.45, 7) is 3.36. The van der Waals surface area contributed by atoms with E-state index in [0.29, 0.717) is 0 Å². The molecule has 98 valence electrons. The molecule has 1 atom stereocenters. The summed E-state index contributed by atoms with van der Waals surface area (Å²) in [7, 11) is 0. The van der Waals surface area contributed by atoms with Gasteiger partial charge in [0.2, 0.25) is 0 Å². The van der Waals surface area contributed by atoms with Gasteiger partial charge < -0.3 is 5.32 Å². The molecule has 1 unspecified atom stereocenters. The number of aromatic nitrogens is 2. The number of rotatable bonds is 5. The Bertz CT molecular complexity index is 412. The van der Waals surface area contributed by atoms with Gasteiger partial charge in [0.15, 0.2) is 0 Å². The van der Waals surface area contributed by atoms with Crippen LogP contribution in [0, 0.1) is 5.92 Å². The van der Waals surface area contributed by atoms with E-state index < -0.39 is 0 Å². The molecule has 1 saturated carbocycles. The van der Waals surface area contributed by atoms with E-state index in [1.165, 1.54) is 43.5 Å². The van der Waals surface area contributed by atoms with Gasteiger partial charge >= 0.3 is 0 Å². The summed E-state index contributed by atoms with van der Waals surface area (Å²) in [4.78, 5) is 9.21. The van der Waals surface area contributed by atoms with Crippen molar-refractivity contribution in [1.29, 1.82) is 0 Å². The van der Waals surface area contributed by atoms with E-state index in [4.69, 9.17) is 4.98 Å². The molecular weight excluding hydrogens is 222 g/mol. The molecule has 1 heterocycles. The normalized spacial score (nSPS) is 22.8. The average Bonchev–Trinajstić information content (AvgIpc) is 3.21. The molecule has 0 saturated heterocycles. The Morgan fingerprint density at radius 3 is 3.00 bits per heavy atom. The van der Waals surface area contributed by atoms with Crippen LogP contribution in [0.1, 0.15) is 49.7 Å². The third kappa shape index (κ3) is 2.89. The highest BCUT2D eigenvalue weighted by Gasteiger charge is 2.24. The minimum atomic E-state index is 0.790. The number of fused-ring (bicyclic) bond motifs is 1. The van der Waals surface area contributed by atoms with Crippen LogP contribution in [0.25, 0.3) is 0 Å². The van der Waals surface area contributed by atoms with Crippen LogP contribution in [0.3, 0.4) is 0 Å². The molecule has 0 radical (unpaired) electrons. The summed E-state index contributed by atoms with van der Waals surface area (Å²) in [5.74, 6) is 1.82. The predicted octanol–water partition coefficient (Wildman–Crippen LogP) is 2.29. The smallest absolute Gasteiger partial charge is 0.128 e. The Morgan fingerprint density at radius 2 is 2.22 bits per heavy atom. The largest absolute Gasteiger partial charge is 0.314 e. The molecular formula is C15H23N3. The fourth-order valence-electron chi connectivity index (χ4n) is 2.76. The number of nitrogens with one attached hydrogen (secondary N) is 1. The Hall–Kier alpha value is -0.960. The lowest BCUT2D eigenvalue weighted by Gasteiger charge is -2.24. The lowest BCUT2D eigenvalue weighted by atomic mass is 9.87. The summed E-state index contributed by atoms with van der Waals surface area (Å²) in [6, 6.07) is 0.828. The summed E-state index contributed by atoms with van der Waals surface area (Å²) in [5, 5.41) is 3.65. The number of nitrogens with zero attached hydrogens (tertiary/aromatic N) is 2. The quantitative estimate of drug-likeness (QED) is 0.865. The second kappa shape index (κ2) is 5.35. The van der Waals surface area contributed by atoms with Crippen LogP contribution < -0.4 is 5.32 Å². The van der Waals surface area contributed by atoms with Gasteiger partial charge in [-0.2, -0.15) is 0 Å². The van der Waals surface area contributed by atoms with E-state index >= 15 is 0 Å². The molecule has 3 rings (SSSR count). The molecule has 0 bridgehead atoms. The van der Waals surface area contributed by atoms with Gasteiger partial charge in [0.1, 0.15) is 5.82 Å². The average molecular weight is 245 g/mol. The third-order valence-corrected chi connectivity index (χ3v) is 4.05. The van der Waals surface area contributed by atoms with E-state index in [2.05, 4.69) is 23.4 Å². The van der Waals surface area contributed by atoms with Crippen LogP contribution in [-0.2, 0) is 19.3 Å². The predicted molar refractivity (Wildman–Crippen MR) is 72.6 cm³/mol. The van der Waals surface area contributed by atoms with Crippen molar-refractivity contribution in [3.05, 3.63) is 23.3 Å². The first-order valence-electron chi connectivity index (χ1n) is 7.42. The minimum Gasteiger partial charge on any atom is -0.314 e. The molecule has 0 spiro atoms. The summed E-state index contributed by atoms with van der Waals surface area (Å²) in [5.41, 5.74) is 2.71. The van der Waals surface area contributed by atoms with Crippen molar-refractivity contribution in [2.75, 3.05) is 6.54 Å². The molecule has 1 N–H and O–H groups in total. The molecule has 1 aromatic heterocycles. The lowest BCUT2D eigenvalue weighted by molar-refractivity contribution is 0.417. The zero-order chi connectivity index (χ0) is 12.4. The lowest BCUT2D eigenvalue weighted by Crippen LogP contribution is -2.29. The zero-order valence-electron chi connectivity index (χ0n) is 11.3. The van der Waals surface area contributed by atoms with Gasteiger partial charge in [-0.05, 0) is 56.6 Å². The fourth-order valence-corrected chi connectivity index (χ4v) is 2.76. The van der Waals surface area contributed by atoms with E-state index in [-0.39, 0.29) is 0 Å². The molecule has 0 aromatic carbocycles. The van der Waals surface area contributed by atoms with Crippen molar-refractivity contribution >= 4 is 0 Å². The molecule has 3 heteroatoms. The SMILES string of the molecule is CCCc1ncc2c(n1)CCC(CNC1CC1)C2. The molecule has 2 aliphatic carbocycles. The highest BCUT2D eigenvalue weighted by Crippen LogP contribution is 2.25. The van der Waals surface area contributed by atoms with Gasteiger partial charge in [-0.15, -0.1) is 0 Å². The van der Waals surface area contributed by atoms with E-state index in [1.54, 1.807) is 0 Å². The first-order valence-corrected chi connectivity index (χ1v) is 7.42. The van der Waals surface area contributed by atoms with Crippen molar-refractivity contribution in [1.82, 2.24) is 15.3 Å². The van der Waals surface area contributed by atoms with Crippen LogP contribution >= 0.6 is 0 Å². The van der Waals surface area contributed by atoms with Crippen molar-refractivity contribution in [3.63, 3.8) is 0 Å². The second-order valence-corrected chi connectivity index (χ2v) is 5.80. The minimum absolute atomic E-state index is 0.790. The zero-order valence-corrected chi connectivity index (χ0v) is 11.3. The van der Waals surface area contributed by atoms with Gasteiger partial charge in [-0.3, -0.25) is 0 Å². The molecule has 18 heavy (non-hydrogen) atoms. The van der Waals surface area contributed by atoms with Crippen molar-refractivity contribution < 1.29 is 0 Å². The Balaban J connectivity index is 1.61. The van der Waals surface area contributed by atoms with Crippen molar-refractivity contribution in [2.45, 2.75) is 57.9 Å². The van der Waals surface area contributed by atoms with Gasteiger partial charge in [0.25, 0.3) is 0 Å². The summed E-state index contributed by atoms with van der Waals surface area (Å²) >= 11 is 0. The maximum Gasteiger partial charge on any atom is 0.128 e. The molecule has 0 aliphatic heterocycles. The summed E-state index contributed by atoms with van der Waals surface area (Å²) in [6.07, 6.45) is 10.6. The van der Waals surface area contributed by atoms with Gasteiger partial charge in [0.05, 0.1) is 0 Å². The highest BCUT2D eigenvalue weighted by molar-refractivity contribution is 5.21. The number of aryl methyl sites for hydroxylation is 2. The van der Waals surface area contributed by atoms with Crippen LogP contribution in [0.4, 0.5) is 0 Å². The van der Waals surface area contributed by atoms with E-state index in [9.17, 15) is 0 Å². The maximum absolute atomic E-state index is 4.71. The number of hydrogen-bond acceptors (Lipinski definition) is 3. The van der Waals surface area contributed by atoms with Crippen molar-refractivity contribution in [2.24, 2.45) is 5.92 Å². The van der Waals surface area contributed by atoms with Crippen LogP contribution in [-0.4, -0.2) is 22.6 Å². The second-order valence-electron chi connectivity index (χ2n) is 5.80. The van der Waals surface area contributed by atoms with Gasteiger partial charge in [-0.1, -0.05) is 6.92 Å². The highest BCUT2D eigenvalue weighted by atomic mass is 14.9. The van der Waals surface area contributed by atoms with Crippen LogP contribution in [0.5, 0.6) is 0 Å². The van der Waals surface area contributed by atoms with Gasteiger partial charge in [0, 0.05) is 24.4 Å². The topological polar surface area (TPSA) is 37.8 Å². The first-order chi connectivity index (χ1) is 8.85. The first kappa shape index (κ1) is 12.1. The fraction of sp³-hybridized carbons (Fsp3) is 0.733. The van der Waals surface area contributed by atoms with Crippen LogP contribution in [0.2, 0.25) is 0 Å². The monoisotopic (exact) mass is 245 g/mol. The van der Waals surface area contributed by atoms with Crippen LogP contribution in [0.15, 0.2) is 6.20 Å². The van der Waals surface area contributed by atoms with E-state index in [0.717, 1.165) is 37.0 Å². The maximum atomic E-state index is 4.71. The van der Waals surface area contributed by atoms with Gasteiger partial charge in [-0.25, -0.2) is 9.97 Å². The number of hydrogen-bond donors (Lipinski definition) is 1. The Kier molecular flexibility index (Phi) is 3.59. The molecule has 0 amide bonds. The Morgan fingerprint density at radius 1 is 1.33 bits per heavy atom. The van der Waals surface area contributed by atoms with E-state index in [1.807, 2.05) is 0 Å². The molecule has 1 fully saturated rings. The molecule has 1 aromatic rings. The molecule has 2 aliphatic rings.